The fourth-order valence-corrected chi connectivity index (χ4v) is 1.99. The molecule has 0 radical (unpaired) electrons. The van der Waals surface area contributed by atoms with Crippen LogP contribution in [-0.2, 0) is 9.53 Å². The minimum atomic E-state index is -0.955. The van der Waals surface area contributed by atoms with Gasteiger partial charge >= 0.3 is 12.1 Å². The van der Waals surface area contributed by atoms with Gasteiger partial charge in [0, 0.05) is 11.6 Å². The van der Waals surface area contributed by atoms with E-state index < -0.39 is 23.6 Å². The third kappa shape index (κ3) is 6.49. The molecule has 5 nitrogen and oxygen atoms in total. The molecule has 0 aliphatic rings. The summed E-state index contributed by atoms with van der Waals surface area (Å²) in [7, 11) is 0. The Kier molecular flexibility index (Phi) is 6.03. The van der Waals surface area contributed by atoms with Crippen molar-refractivity contribution < 1.29 is 19.4 Å². The number of carboxylic acids is 1. The van der Waals surface area contributed by atoms with Crippen LogP contribution in [0.2, 0.25) is 5.02 Å². The number of aliphatic carboxylic acids is 1. The van der Waals surface area contributed by atoms with Crippen molar-refractivity contribution >= 4 is 23.7 Å². The molecule has 2 N–H and O–H groups in total. The standard InChI is InChI=1S/C15H20ClNO4/c1-15(2,3)21-14(20)17-8-7-12(13(18)19)10-5-4-6-11(16)9-10/h4-6,9,12H,7-8H2,1-3H3,(H,17,20)(H,18,19). The molecule has 1 atom stereocenters. The third-order valence-electron chi connectivity index (χ3n) is 2.65. The monoisotopic (exact) mass is 313 g/mol. The zero-order chi connectivity index (χ0) is 16.0. The number of carbonyl (C=O) groups excluding carboxylic acids is 1. The minimum absolute atomic E-state index is 0.207. The van der Waals surface area contributed by atoms with Crippen molar-refractivity contribution in [1.82, 2.24) is 5.32 Å². The third-order valence-corrected chi connectivity index (χ3v) is 2.89. The summed E-state index contributed by atoms with van der Waals surface area (Å²) < 4.78 is 5.09. The van der Waals surface area contributed by atoms with E-state index in [4.69, 9.17) is 16.3 Å². The number of carbonyl (C=O) groups is 2. The van der Waals surface area contributed by atoms with Crippen LogP contribution in [0, 0.1) is 0 Å². The van der Waals surface area contributed by atoms with Crippen molar-refractivity contribution in [3.63, 3.8) is 0 Å². The van der Waals surface area contributed by atoms with E-state index in [2.05, 4.69) is 5.32 Å². The first-order valence-electron chi connectivity index (χ1n) is 6.64. The number of hydrogen-bond acceptors (Lipinski definition) is 3. The smallest absolute Gasteiger partial charge is 0.407 e. The van der Waals surface area contributed by atoms with Gasteiger partial charge in [0.1, 0.15) is 5.60 Å². The molecule has 6 heteroatoms. The molecular formula is C15H20ClNO4. The molecule has 1 unspecified atom stereocenters. The zero-order valence-electron chi connectivity index (χ0n) is 12.4. The van der Waals surface area contributed by atoms with E-state index in [0.717, 1.165) is 0 Å². The number of carboxylic acid groups (broad SMARTS) is 1. The number of rotatable bonds is 5. The molecule has 0 heterocycles. The zero-order valence-corrected chi connectivity index (χ0v) is 13.1. The Labute approximate surface area is 129 Å². The number of halogens is 1. The largest absolute Gasteiger partial charge is 0.481 e. The Hall–Kier alpha value is -1.75. The molecule has 0 aromatic heterocycles. The fourth-order valence-electron chi connectivity index (χ4n) is 1.79. The minimum Gasteiger partial charge on any atom is -0.481 e. The molecule has 1 amide bonds. The van der Waals surface area contributed by atoms with Gasteiger partial charge in [-0.1, -0.05) is 23.7 Å². The number of alkyl carbamates (subject to hydrolysis) is 1. The Morgan fingerprint density at radius 1 is 1.38 bits per heavy atom. The first kappa shape index (κ1) is 17.3. The van der Waals surface area contributed by atoms with Gasteiger partial charge in [0.05, 0.1) is 5.92 Å². The van der Waals surface area contributed by atoms with Gasteiger partial charge in [0.15, 0.2) is 0 Å². The lowest BCUT2D eigenvalue weighted by atomic mass is 9.96. The van der Waals surface area contributed by atoms with Crippen molar-refractivity contribution in [2.45, 2.75) is 38.7 Å². The van der Waals surface area contributed by atoms with Gasteiger partial charge in [-0.3, -0.25) is 4.79 Å². The average Bonchev–Trinajstić information content (AvgIpc) is 2.31. The van der Waals surface area contributed by atoms with E-state index in [1.165, 1.54) is 0 Å². The molecule has 116 valence electrons. The summed E-state index contributed by atoms with van der Waals surface area (Å²) in [4.78, 5) is 22.8. The first-order valence-corrected chi connectivity index (χ1v) is 7.02. The summed E-state index contributed by atoms with van der Waals surface area (Å²) >= 11 is 5.87. The number of benzene rings is 1. The molecule has 0 fully saturated rings. The quantitative estimate of drug-likeness (QED) is 0.873. The van der Waals surface area contributed by atoms with Gasteiger partial charge in [-0.05, 0) is 44.9 Å². The molecule has 0 saturated carbocycles. The summed E-state index contributed by atoms with van der Waals surface area (Å²) in [6.45, 7) is 5.49. The van der Waals surface area contributed by atoms with Crippen LogP contribution in [0.1, 0.15) is 38.7 Å². The van der Waals surface area contributed by atoms with Crippen molar-refractivity contribution in [3.8, 4) is 0 Å². The molecule has 1 rings (SSSR count). The van der Waals surface area contributed by atoms with E-state index in [1.54, 1.807) is 45.0 Å². The van der Waals surface area contributed by atoms with Gasteiger partial charge in [-0.15, -0.1) is 0 Å². The summed E-state index contributed by atoms with van der Waals surface area (Å²) in [5.41, 5.74) is 0.0319. The maximum Gasteiger partial charge on any atom is 0.407 e. The van der Waals surface area contributed by atoms with Crippen molar-refractivity contribution in [2.75, 3.05) is 6.54 Å². The predicted octanol–water partition coefficient (Wildman–Crippen LogP) is 3.42. The molecule has 0 aliphatic carbocycles. The first-order chi connectivity index (χ1) is 9.69. The van der Waals surface area contributed by atoms with E-state index in [1.807, 2.05) is 0 Å². The van der Waals surface area contributed by atoms with Crippen molar-refractivity contribution in [1.29, 1.82) is 0 Å². The van der Waals surface area contributed by atoms with E-state index in [9.17, 15) is 14.7 Å². The summed E-state index contributed by atoms with van der Waals surface area (Å²) in [5.74, 6) is -1.68. The van der Waals surface area contributed by atoms with Gasteiger partial charge in [0.2, 0.25) is 0 Å². The average molecular weight is 314 g/mol. The second-order valence-electron chi connectivity index (χ2n) is 5.66. The highest BCUT2D eigenvalue weighted by Gasteiger charge is 2.21. The van der Waals surface area contributed by atoms with Gasteiger partial charge in [-0.2, -0.15) is 0 Å². The summed E-state index contributed by atoms with van der Waals surface area (Å²) in [6.07, 6.45) is -0.299. The predicted molar refractivity (Wildman–Crippen MR) is 80.7 cm³/mol. The van der Waals surface area contributed by atoms with E-state index >= 15 is 0 Å². The normalized spacial score (nSPS) is 12.6. The number of hydrogen-bond donors (Lipinski definition) is 2. The maximum absolute atomic E-state index is 11.5. The molecule has 1 aromatic carbocycles. The van der Waals surface area contributed by atoms with Crippen LogP contribution in [0.15, 0.2) is 24.3 Å². The summed E-state index contributed by atoms with van der Waals surface area (Å²) in [5, 5.41) is 12.3. The van der Waals surface area contributed by atoms with Crippen LogP contribution in [0.5, 0.6) is 0 Å². The second kappa shape index (κ2) is 7.31. The number of nitrogens with one attached hydrogen (secondary N) is 1. The Balaban J connectivity index is 2.57. The number of ether oxygens (including phenoxy) is 1. The lowest BCUT2D eigenvalue weighted by molar-refractivity contribution is -0.139. The highest BCUT2D eigenvalue weighted by atomic mass is 35.5. The van der Waals surface area contributed by atoms with Gasteiger partial charge < -0.3 is 15.2 Å². The van der Waals surface area contributed by atoms with Crippen LogP contribution in [0.3, 0.4) is 0 Å². The topological polar surface area (TPSA) is 75.6 Å². The van der Waals surface area contributed by atoms with Crippen molar-refractivity contribution in [3.05, 3.63) is 34.9 Å². The molecule has 0 bridgehead atoms. The van der Waals surface area contributed by atoms with Crippen LogP contribution in [0.4, 0.5) is 4.79 Å². The number of amides is 1. The lowest BCUT2D eigenvalue weighted by Gasteiger charge is -2.20. The SMILES string of the molecule is CC(C)(C)OC(=O)NCCC(C(=O)O)c1cccc(Cl)c1. The van der Waals surface area contributed by atoms with Gasteiger partial charge in [-0.25, -0.2) is 4.79 Å². The highest BCUT2D eigenvalue weighted by Crippen LogP contribution is 2.22. The van der Waals surface area contributed by atoms with Crippen LogP contribution in [-0.4, -0.2) is 29.3 Å². The summed E-state index contributed by atoms with van der Waals surface area (Å²) in [6, 6.07) is 6.71. The van der Waals surface area contributed by atoms with Crippen molar-refractivity contribution in [2.24, 2.45) is 0 Å². The Bertz CT molecular complexity index is 511. The molecule has 0 spiro atoms. The Morgan fingerprint density at radius 3 is 2.57 bits per heavy atom. The molecule has 1 aromatic rings. The molecule has 0 saturated heterocycles. The lowest BCUT2D eigenvalue weighted by Crippen LogP contribution is -2.33. The maximum atomic E-state index is 11.5. The van der Waals surface area contributed by atoms with Gasteiger partial charge in [0.25, 0.3) is 0 Å². The second-order valence-corrected chi connectivity index (χ2v) is 6.10. The van der Waals surface area contributed by atoms with Crippen LogP contribution < -0.4 is 5.32 Å². The van der Waals surface area contributed by atoms with E-state index in [0.29, 0.717) is 10.6 Å². The highest BCUT2D eigenvalue weighted by molar-refractivity contribution is 6.30. The molecule has 0 aliphatic heterocycles. The van der Waals surface area contributed by atoms with Crippen LogP contribution >= 0.6 is 11.6 Å². The molecular weight excluding hydrogens is 294 g/mol. The fraction of sp³-hybridized carbons (Fsp3) is 0.467. The Morgan fingerprint density at radius 2 is 2.05 bits per heavy atom. The van der Waals surface area contributed by atoms with E-state index in [-0.39, 0.29) is 13.0 Å². The molecule has 21 heavy (non-hydrogen) atoms. The van der Waals surface area contributed by atoms with Crippen LogP contribution in [0.25, 0.3) is 0 Å².